The van der Waals surface area contributed by atoms with E-state index in [1.807, 2.05) is 36.2 Å². The Balaban J connectivity index is 0.000000189. The highest BCUT2D eigenvalue weighted by Crippen LogP contribution is 2.39. The van der Waals surface area contributed by atoms with E-state index in [1.165, 1.54) is 32.1 Å². The molecule has 2 heterocycles. The van der Waals surface area contributed by atoms with Crippen molar-refractivity contribution in [1.29, 1.82) is 0 Å². The lowest BCUT2D eigenvalue weighted by Crippen LogP contribution is -2.59. The molecule has 4 rings (SSSR count). The van der Waals surface area contributed by atoms with Crippen molar-refractivity contribution in [2.45, 2.75) is 65.0 Å². The van der Waals surface area contributed by atoms with E-state index in [2.05, 4.69) is 26.1 Å². The first-order valence-electron chi connectivity index (χ1n) is 8.71. The average Bonchev–Trinajstić information content (AvgIpc) is 2.56. The molecule has 0 spiro atoms. The molecular weight excluding hydrogens is 308 g/mol. The van der Waals surface area contributed by atoms with E-state index >= 15 is 0 Å². The van der Waals surface area contributed by atoms with Crippen LogP contribution in [0.2, 0.25) is 5.02 Å². The first-order valence-corrected chi connectivity index (χ1v) is 9.09. The van der Waals surface area contributed by atoms with E-state index < -0.39 is 0 Å². The van der Waals surface area contributed by atoms with E-state index in [0.29, 0.717) is 12.1 Å². The van der Waals surface area contributed by atoms with Crippen LogP contribution in [0.15, 0.2) is 24.3 Å². The second-order valence-corrected chi connectivity index (χ2v) is 6.87. The summed E-state index contributed by atoms with van der Waals surface area (Å²) in [6.45, 7) is 6.64. The maximum Gasteiger partial charge on any atom is 0.210 e. The number of piperidine rings is 1. The van der Waals surface area contributed by atoms with Crippen molar-refractivity contribution in [1.82, 2.24) is 4.90 Å². The molecule has 3 nitrogen and oxygen atoms in total. The lowest BCUT2D eigenvalue weighted by molar-refractivity contribution is -0.136. The minimum absolute atomic E-state index is 0.603. The van der Waals surface area contributed by atoms with Gasteiger partial charge < -0.3 is 10.2 Å². The molecule has 3 aliphatic rings. The second kappa shape index (κ2) is 10.5. The molecule has 130 valence electrons. The fourth-order valence-electron chi connectivity index (χ4n) is 2.97. The number of benzene rings is 1. The lowest BCUT2D eigenvalue weighted by Gasteiger charge is -2.53. The minimum atomic E-state index is 0.603. The van der Waals surface area contributed by atoms with E-state index in [-0.39, 0.29) is 0 Å². The van der Waals surface area contributed by atoms with Gasteiger partial charge in [0.25, 0.3) is 0 Å². The summed E-state index contributed by atoms with van der Waals surface area (Å²) in [5.41, 5.74) is 1.08. The molecule has 3 fully saturated rings. The summed E-state index contributed by atoms with van der Waals surface area (Å²) in [6, 6.07) is 8.78. The molecule has 2 saturated heterocycles. The Bertz CT molecular complexity index is 435. The van der Waals surface area contributed by atoms with Crippen molar-refractivity contribution in [2.75, 3.05) is 12.4 Å². The number of halogens is 1. The van der Waals surface area contributed by atoms with Crippen molar-refractivity contribution in [2.24, 2.45) is 5.92 Å². The van der Waals surface area contributed by atoms with Crippen LogP contribution in [0.4, 0.5) is 5.69 Å². The van der Waals surface area contributed by atoms with E-state index in [9.17, 15) is 4.79 Å². The zero-order valence-corrected chi connectivity index (χ0v) is 15.6. The van der Waals surface area contributed by atoms with Crippen LogP contribution >= 0.6 is 11.6 Å². The molecule has 1 amide bonds. The van der Waals surface area contributed by atoms with Crippen LogP contribution < -0.4 is 5.32 Å². The van der Waals surface area contributed by atoms with Gasteiger partial charge in [-0.1, -0.05) is 45.2 Å². The molecule has 2 bridgehead atoms. The van der Waals surface area contributed by atoms with Gasteiger partial charge in [0.05, 0.1) is 0 Å². The fraction of sp³-hybridized carbons (Fsp3) is 0.632. The Labute approximate surface area is 146 Å². The summed E-state index contributed by atoms with van der Waals surface area (Å²) in [5.74, 6) is 0.847. The third kappa shape index (κ3) is 6.42. The monoisotopic (exact) mass is 338 g/mol. The topological polar surface area (TPSA) is 32.3 Å². The Kier molecular flexibility index (Phi) is 9.08. The molecule has 4 heteroatoms. The standard InChI is InChI=1S/C8H13NO.C7H8ClN.C4H10/c1-6-2-7-4-8(3-6)9(7)5-10;1-9-7-4-2-6(8)3-5-7;1-3-4-2/h5-8H,2-4H2,1H3;2-5,9H,1H3;3-4H2,1-2H3. The Morgan fingerprint density at radius 3 is 2.04 bits per heavy atom. The number of nitrogens with one attached hydrogen (secondary N) is 1. The molecular formula is C19H31ClN2O. The number of fused-ring (bicyclic) bond motifs is 2. The summed E-state index contributed by atoms with van der Waals surface area (Å²) < 4.78 is 0. The van der Waals surface area contributed by atoms with Crippen molar-refractivity contribution in [3.8, 4) is 0 Å². The molecule has 2 atom stereocenters. The van der Waals surface area contributed by atoms with Crippen LogP contribution in [0.25, 0.3) is 0 Å². The first-order chi connectivity index (χ1) is 11.0. The number of rotatable bonds is 3. The summed E-state index contributed by atoms with van der Waals surface area (Å²) in [6.07, 6.45) is 7.39. The van der Waals surface area contributed by atoms with Gasteiger partial charge in [-0.05, 0) is 49.4 Å². The van der Waals surface area contributed by atoms with Gasteiger partial charge in [0, 0.05) is 29.8 Å². The maximum absolute atomic E-state index is 10.4. The predicted octanol–water partition coefficient (Wildman–Crippen LogP) is 5.20. The molecule has 2 unspecified atom stereocenters. The molecule has 1 aromatic carbocycles. The number of unbranched alkanes of at least 4 members (excludes halogenated alkanes) is 1. The van der Waals surface area contributed by atoms with Gasteiger partial charge in [0.2, 0.25) is 6.41 Å². The van der Waals surface area contributed by atoms with Crippen LogP contribution in [0, 0.1) is 5.92 Å². The van der Waals surface area contributed by atoms with E-state index in [0.717, 1.165) is 23.0 Å². The zero-order chi connectivity index (χ0) is 17.2. The van der Waals surface area contributed by atoms with Gasteiger partial charge >= 0.3 is 0 Å². The van der Waals surface area contributed by atoms with Crippen LogP contribution in [0.5, 0.6) is 0 Å². The zero-order valence-electron chi connectivity index (χ0n) is 14.9. The second-order valence-electron chi connectivity index (χ2n) is 6.43. The molecule has 2 aliphatic heterocycles. The molecule has 1 N–H and O–H groups in total. The molecule has 23 heavy (non-hydrogen) atoms. The molecule has 0 aromatic heterocycles. The highest BCUT2D eigenvalue weighted by Gasteiger charge is 2.42. The summed E-state index contributed by atoms with van der Waals surface area (Å²) >= 11 is 5.64. The number of nitrogens with zero attached hydrogens (tertiary/aromatic N) is 1. The summed E-state index contributed by atoms with van der Waals surface area (Å²) in [7, 11) is 1.88. The predicted molar refractivity (Wildman–Crippen MR) is 100 cm³/mol. The number of carbonyl (C=O) groups is 1. The van der Waals surface area contributed by atoms with Gasteiger partial charge in [-0.2, -0.15) is 0 Å². The van der Waals surface area contributed by atoms with Gasteiger partial charge in [0.1, 0.15) is 0 Å². The SMILES string of the molecule is CC1CC2CC(C1)N2C=O.CCCC.CNc1ccc(Cl)cc1. The third-order valence-corrected chi connectivity index (χ3v) is 4.74. The molecule has 1 aliphatic carbocycles. The molecule has 1 saturated carbocycles. The summed E-state index contributed by atoms with van der Waals surface area (Å²) in [5, 5.41) is 3.77. The summed E-state index contributed by atoms with van der Waals surface area (Å²) in [4.78, 5) is 12.4. The van der Waals surface area contributed by atoms with E-state index in [4.69, 9.17) is 11.6 Å². The molecule has 0 radical (unpaired) electrons. The minimum Gasteiger partial charge on any atom is -0.388 e. The number of hydrogen-bond acceptors (Lipinski definition) is 2. The first kappa shape index (κ1) is 19.8. The highest BCUT2D eigenvalue weighted by atomic mass is 35.5. The Morgan fingerprint density at radius 2 is 1.65 bits per heavy atom. The van der Waals surface area contributed by atoms with Gasteiger partial charge in [0.15, 0.2) is 0 Å². The van der Waals surface area contributed by atoms with Gasteiger partial charge in [-0.25, -0.2) is 0 Å². The highest BCUT2D eigenvalue weighted by molar-refractivity contribution is 6.30. The van der Waals surface area contributed by atoms with Crippen LogP contribution in [0.3, 0.4) is 0 Å². The van der Waals surface area contributed by atoms with Crippen molar-refractivity contribution < 1.29 is 4.79 Å². The fourth-order valence-corrected chi connectivity index (χ4v) is 3.09. The Hall–Kier alpha value is -1.22. The smallest absolute Gasteiger partial charge is 0.210 e. The lowest BCUT2D eigenvalue weighted by atomic mass is 9.75. The van der Waals surface area contributed by atoms with Gasteiger partial charge in [-0.3, -0.25) is 4.79 Å². The normalized spacial score (nSPS) is 24.2. The third-order valence-electron chi connectivity index (χ3n) is 4.49. The maximum atomic E-state index is 10.4. The number of carbonyl (C=O) groups excluding carboxylic acids is 1. The van der Waals surface area contributed by atoms with Crippen LogP contribution in [-0.4, -0.2) is 30.4 Å². The van der Waals surface area contributed by atoms with Crippen molar-refractivity contribution in [3.63, 3.8) is 0 Å². The molecule has 1 aromatic rings. The number of hydrogen-bond donors (Lipinski definition) is 1. The number of amides is 1. The van der Waals surface area contributed by atoms with Crippen LogP contribution in [-0.2, 0) is 4.79 Å². The number of anilines is 1. The van der Waals surface area contributed by atoms with Crippen molar-refractivity contribution in [3.05, 3.63) is 29.3 Å². The van der Waals surface area contributed by atoms with E-state index in [1.54, 1.807) is 0 Å². The Morgan fingerprint density at radius 1 is 1.13 bits per heavy atom. The largest absolute Gasteiger partial charge is 0.388 e. The van der Waals surface area contributed by atoms with Crippen molar-refractivity contribution >= 4 is 23.7 Å². The van der Waals surface area contributed by atoms with Gasteiger partial charge in [-0.15, -0.1) is 0 Å². The van der Waals surface area contributed by atoms with Crippen LogP contribution in [0.1, 0.15) is 52.9 Å². The quantitative estimate of drug-likeness (QED) is 0.768. The average molecular weight is 339 g/mol.